The van der Waals surface area contributed by atoms with Crippen LogP contribution in [-0.4, -0.2) is 73.2 Å². The summed E-state index contributed by atoms with van der Waals surface area (Å²) in [4.78, 5) is 22.8. The molecule has 1 fully saturated rings. The van der Waals surface area contributed by atoms with Crippen molar-refractivity contribution in [3.8, 4) is 5.75 Å². The number of hydrogen-bond donors (Lipinski definition) is 2. The van der Waals surface area contributed by atoms with Gasteiger partial charge in [-0.05, 0) is 14.1 Å². The summed E-state index contributed by atoms with van der Waals surface area (Å²) >= 11 is 0. The molecule has 2 N–H and O–H groups in total. The third-order valence-electron chi connectivity index (χ3n) is 3.50. The molecule has 1 aliphatic heterocycles. The third kappa shape index (κ3) is 3.24. The van der Waals surface area contributed by atoms with Gasteiger partial charge in [0.15, 0.2) is 5.82 Å². The van der Waals surface area contributed by atoms with E-state index in [0.29, 0.717) is 11.9 Å². The fourth-order valence-electron chi connectivity index (χ4n) is 2.24. The van der Waals surface area contributed by atoms with Gasteiger partial charge in [0.1, 0.15) is 0 Å². The van der Waals surface area contributed by atoms with Gasteiger partial charge in [-0.2, -0.15) is 0 Å². The van der Waals surface area contributed by atoms with Crippen molar-refractivity contribution in [1.29, 1.82) is 0 Å². The fourth-order valence-corrected chi connectivity index (χ4v) is 2.24. The predicted octanol–water partition coefficient (Wildman–Crippen LogP) is -0.564. The van der Waals surface area contributed by atoms with Gasteiger partial charge in [0.25, 0.3) is 5.56 Å². The van der Waals surface area contributed by atoms with Crippen molar-refractivity contribution < 1.29 is 4.74 Å². The van der Waals surface area contributed by atoms with Crippen molar-refractivity contribution in [3.63, 3.8) is 0 Å². The first-order valence-corrected chi connectivity index (χ1v) is 6.36. The average molecular weight is 267 g/mol. The summed E-state index contributed by atoms with van der Waals surface area (Å²) in [5.74, 6) is 0.724. The number of ether oxygens (including phenoxy) is 1. The molecule has 19 heavy (non-hydrogen) atoms. The minimum atomic E-state index is -0.269. The summed E-state index contributed by atoms with van der Waals surface area (Å²) < 4.78 is 5.07. The number of aromatic amines is 1. The number of likely N-dealkylation sites (N-methyl/N-ethyl adjacent to an activating group) is 2. The van der Waals surface area contributed by atoms with Crippen LogP contribution in [0.15, 0.2) is 11.1 Å². The Hall–Kier alpha value is -1.60. The van der Waals surface area contributed by atoms with E-state index >= 15 is 0 Å². The lowest BCUT2D eigenvalue weighted by atomic mass is 10.2. The van der Waals surface area contributed by atoms with E-state index in [1.54, 1.807) is 0 Å². The number of aromatic nitrogens is 2. The average Bonchev–Trinajstić information content (AvgIpc) is 2.40. The molecule has 1 aromatic rings. The Labute approximate surface area is 112 Å². The lowest BCUT2D eigenvalue weighted by Crippen LogP contribution is -2.52. The van der Waals surface area contributed by atoms with Gasteiger partial charge in [-0.15, -0.1) is 0 Å². The molecule has 1 unspecified atom stereocenters. The molecule has 0 saturated carbocycles. The Kier molecular flexibility index (Phi) is 4.39. The van der Waals surface area contributed by atoms with Gasteiger partial charge in [0, 0.05) is 32.2 Å². The second-order valence-electron chi connectivity index (χ2n) is 4.89. The van der Waals surface area contributed by atoms with E-state index in [9.17, 15) is 4.79 Å². The maximum absolute atomic E-state index is 11.6. The summed E-state index contributed by atoms with van der Waals surface area (Å²) in [6.45, 7) is 3.85. The molecule has 7 heteroatoms. The smallest absolute Gasteiger partial charge is 0.295 e. The zero-order valence-corrected chi connectivity index (χ0v) is 11.6. The molecule has 7 nitrogen and oxygen atoms in total. The van der Waals surface area contributed by atoms with Gasteiger partial charge in [-0.3, -0.25) is 9.69 Å². The molecule has 2 rings (SSSR count). The monoisotopic (exact) mass is 267 g/mol. The zero-order chi connectivity index (χ0) is 13.8. The van der Waals surface area contributed by atoms with E-state index in [1.165, 1.54) is 13.4 Å². The van der Waals surface area contributed by atoms with Crippen LogP contribution in [0.4, 0.5) is 5.82 Å². The third-order valence-corrected chi connectivity index (χ3v) is 3.50. The molecule has 0 spiro atoms. The highest BCUT2D eigenvalue weighted by Gasteiger charge is 2.22. The van der Waals surface area contributed by atoms with E-state index in [4.69, 9.17) is 4.74 Å². The van der Waals surface area contributed by atoms with Crippen LogP contribution in [0.3, 0.4) is 0 Å². The number of methoxy groups -OCH3 is 1. The molecule has 0 amide bonds. The minimum Gasteiger partial charge on any atom is -0.489 e. The van der Waals surface area contributed by atoms with Gasteiger partial charge in [-0.25, -0.2) is 4.98 Å². The summed E-state index contributed by atoms with van der Waals surface area (Å²) in [5, 5.41) is 3.20. The fraction of sp³-hybridized carbons (Fsp3) is 0.667. The first-order valence-electron chi connectivity index (χ1n) is 6.36. The van der Waals surface area contributed by atoms with E-state index in [1.807, 2.05) is 0 Å². The number of rotatable bonds is 4. The largest absolute Gasteiger partial charge is 0.489 e. The molecule has 1 aromatic heterocycles. The Morgan fingerprint density at radius 2 is 2.32 bits per heavy atom. The van der Waals surface area contributed by atoms with Crippen molar-refractivity contribution in [2.45, 2.75) is 6.04 Å². The highest BCUT2D eigenvalue weighted by Crippen LogP contribution is 2.15. The molecule has 0 aromatic carbocycles. The van der Waals surface area contributed by atoms with Gasteiger partial charge < -0.3 is 19.9 Å². The molecule has 0 bridgehead atoms. The van der Waals surface area contributed by atoms with Crippen molar-refractivity contribution >= 4 is 5.82 Å². The minimum absolute atomic E-state index is 0.231. The maximum atomic E-state index is 11.6. The molecule has 0 aliphatic carbocycles. The van der Waals surface area contributed by atoms with E-state index in [-0.39, 0.29) is 11.3 Å². The topological polar surface area (TPSA) is 73.5 Å². The molecule has 1 saturated heterocycles. The summed E-state index contributed by atoms with van der Waals surface area (Å²) in [6.07, 6.45) is 1.38. The van der Waals surface area contributed by atoms with Crippen LogP contribution >= 0.6 is 0 Å². The summed E-state index contributed by atoms with van der Waals surface area (Å²) in [5.41, 5.74) is -0.269. The predicted molar refractivity (Wildman–Crippen MR) is 73.8 cm³/mol. The van der Waals surface area contributed by atoms with Crippen LogP contribution < -0.4 is 15.6 Å². The number of hydrogen-bond acceptors (Lipinski definition) is 6. The lowest BCUT2D eigenvalue weighted by Gasteiger charge is -2.37. The van der Waals surface area contributed by atoms with Gasteiger partial charge in [-0.1, -0.05) is 0 Å². The van der Waals surface area contributed by atoms with Gasteiger partial charge in [0.2, 0.25) is 5.75 Å². The molecule has 0 radical (unpaired) electrons. The van der Waals surface area contributed by atoms with E-state index in [0.717, 1.165) is 26.2 Å². The number of anilines is 1. The lowest BCUT2D eigenvalue weighted by molar-refractivity contribution is 0.121. The molecule has 2 heterocycles. The quantitative estimate of drug-likeness (QED) is 0.761. The molecule has 1 atom stereocenters. The van der Waals surface area contributed by atoms with Crippen molar-refractivity contribution in [3.05, 3.63) is 16.7 Å². The van der Waals surface area contributed by atoms with Crippen molar-refractivity contribution in [2.24, 2.45) is 0 Å². The van der Waals surface area contributed by atoms with Gasteiger partial charge >= 0.3 is 0 Å². The molecule has 106 valence electrons. The highest BCUT2D eigenvalue weighted by molar-refractivity contribution is 5.47. The van der Waals surface area contributed by atoms with Crippen molar-refractivity contribution in [2.75, 3.05) is 52.7 Å². The SMILES string of the molecule is COc1c(NCC2CN(C)CCN2C)nc[nH]c1=O. The highest BCUT2D eigenvalue weighted by atomic mass is 16.5. The van der Waals surface area contributed by atoms with E-state index in [2.05, 4.69) is 39.2 Å². The van der Waals surface area contributed by atoms with Crippen LogP contribution in [-0.2, 0) is 0 Å². The van der Waals surface area contributed by atoms with Crippen LogP contribution in [0.25, 0.3) is 0 Å². The molecular formula is C12H21N5O2. The van der Waals surface area contributed by atoms with E-state index < -0.39 is 0 Å². The zero-order valence-electron chi connectivity index (χ0n) is 11.6. The summed E-state index contributed by atoms with van der Waals surface area (Å²) in [7, 11) is 5.70. The molecule has 1 aliphatic rings. The van der Waals surface area contributed by atoms with Crippen LogP contribution in [0, 0.1) is 0 Å². The first-order chi connectivity index (χ1) is 9.11. The van der Waals surface area contributed by atoms with Gasteiger partial charge in [0.05, 0.1) is 13.4 Å². The van der Waals surface area contributed by atoms with Crippen LogP contribution in [0.2, 0.25) is 0 Å². The van der Waals surface area contributed by atoms with Crippen LogP contribution in [0.5, 0.6) is 5.75 Å². The Balaban J connectivity index is 2.02. The standard InChI is InChI=1S/C12H21N5O2/c1-16-4-5-17(2)9(7-16)6-13-11-10(19-3)12(18)15-8-14-11/h8-9H,4-7H2,1-3H3,(H2,13,14,15,18). The number of piperazine rings is 1. The number of H-pyrrole nitrogens is 1. The Morgan fingerprint density at radius 3 is 3.05 bits per heavy atom. The Morgan fingerprint density at radius 1 is 1.53 bits per heavy atom. The Bertz CT molecular complexity index is 475. The maximum Gasteiger partial charge on any atom is 0.295 e. The number of nitrogens with one attached hydrogen (secondary N) is 2. The number of nitrogens with zero attached hydrogens (tertiary/aromatic N) is 3. The molecular weight excluding hydrogens is 246 g/mol. The first kappa shape index (κ1) is 13.8. The van der Waals surface area contributed by atoms with Crippen molar-refractivity contribution in [1.82, 2.24) is 19.8 Å². The normalized spacial score (nSPS) is 21.3. The second-order valence-corrected chi connectivity index (χ2v) is 4.89. The summed E-state index contributed by atoms with van der Waals surface area (Å²) in [6, 6.07) is 0.393. The second kappa shape index (κ2) is 6.03. The van der Waals surface area contributed by atoms with Crippen LogP contribution in [0.1, 0.15) is 0 Å².